The van der Waals surface area contributed by atoms with Crippen molar-refractivity contribution < 1.29 is 14.1 Å². The van der Waals surface area contributed by atoms with Crippen LogP contribution in [0.3, 0.4) is 0 Å². The molecule has 2 aromatic heterocycles. The first-order chi connectivity index (χ1) is 16.7. The lowest BCUT2D eigenvalue weighted by molar-refractivity contribution is 0.133. The second-order valence-corrected chi connectivity index (χ2v) is 8.53. The van der Waals surface area contributed by atoms with Crippen LogP contribution in [0.5, 0.6) is 5.75 Å². The summed E-state index contributed by atoms with van der Waals surface area (Å²) in [5.74, 6) is 2.87. The molecule has 0 saturated carbocycles. The molecule has 2 aliphatic heterocycles. The smallest absolute Gasteiger partial charge is 0.321 e. The Balaban J connectivity index is 1.09. The van der Waals surface area contributed by atoms with Crippen LogP contribution in [0.15, 0.2) is 47.1 Å². The van der Waals surface area contributed by atoms with Crippen LogP contribution in [-0.2, 0) is 6.54 Å². The third-order valence-corrected chi connectivity index (χ3v) is 6.26. The molecule has 0 atom stereocenters. The van der Waals surface area contributed by atoms with Crippen LogP contribution in [-0.4, -0.2) is 77.3 Å². The van der Waals surface area contributed by atoms with Gasteiger partial charge < -0.3 is 24.4 Å². The summed E-state index contributed by atoms with van der Waals surface area (Å²) in [7, 11) is 1.63. The van der Waals surface area contributed by atoms with E-state index in [1.54, 1.807) is 13.3 Å². The van der Waals surface area contributed by atoms with Gasteiger partial charge in [0, 0.05) is 44.8 Å². The van der Waals surface area contributed by atoms with Crippen molar-refractivity contribution in [1.82, 2.24) is 24.9 Å². The molecule has 0 radical (unpaired) electrons. The lowest BCUT2D eigenvalue weighted by atomic mass is 10.2. The molecule has 178 valence electrons. The van der Waals surface area contributed by atoms with E-state index in [0.717, 1.165) is 43.3 Å². The van der Waals surface area contributed by atoms with E-state index in [1.807, 2.05) is 41.3 Å². The van der Waals surface area contributed by atoms with Gasteiger partial charge in [0.15, 0.2) is 0 Å². The number of piperazine rings is 1. The highest BCUT2D eigenvalue weighted by Gasteiger charge is 2.23. The summed E-state index contributed by atoms with van der Waals surface area (Å²) in [6, 6.07) is 11.3. The predicted octanol–water partition coefficient (Wildman–Crippen LogP) is 3.09. The number of pyridine rings is 1. The quantitative estimate of drug-likeness (QED) is 0.595. The minimum absolute atomic E-state index is 0.102. The number of rotatable bonds is 6. The molecule has 5 rings (SSSR count). The number of benzene rings is 1. The molecule has 10 nitrogen and oxygen atoms in total. The van der Waals surface area contributed by atoms with Gasteiger partial charge in [0.25, 0.3) is 0 Å². The van der Waals surface area contributed by atoms with Gasteiger partial charge in [-0.25, -0.2) is 9.78 Å². The van der Waals surface area contributed by atoms with E-state index in [2.05, 4.69) is 30.2 Å². The van der Waals surface area contributed by atoms with E-state index < -0.39 is 0 Å². The van der Waals surface area contributed by atoms with Crippen molar-refractivity contribution in [3.05, 3.63) is 48.5 Å². The molecule has 34 heavy (non-hydrogen) atoms. The average molecular weight is 464 g/mol. The summed E-state index contributed by atoms with van der Waals surface area (Å²) >= 11 is 0. The highest BCUT2D eigenvalue weighted by atomic mass is 16.5. The SMILES string of the molecule is COc1ccc(-c2noc(CN3CCN(C(=O)Nc4ccc(N5CCCC5)nc4)CC3)n2)cc1. The number of methoxy groups -OCH3 is 1. The van der Waals surface area contributed by atoms with E-state index >= 15 is 0 Å². The van der Waals surface area contributed by atoms with Gasteiger partial charge in [-0.3, -0.25) is 4.90 Å². The zero-order valence-electron chi connectivity index (χ0n) is 19.3. The third-order valence-electron chi connectivity index (χ3n) is 6.26. The molecule has 10 heteroatoms. The second-order valence-electron chi connectivity index (χ2n) is 8.53. The molecule has 0 spiro atoms. The largest absolute Gasteiger partial charge is 0.497 e. The zero-order chi connectivity index (χ0) is 23.3. The first-order valence-electron chi connectivity index (χ1n) is 11.6. The van der Waals surface area contributed by atoms with Crippen LogP contribution < -0.4 is 15.0 Å². The van der Waals surface area contributed by atoms with E-state index in [1.165, 1.54) is 12.8 Å². The number of ether oxygens (including phenoxy) is 1. The number of urea groups is 1. The number of nitrogens with zero attached hydrogens (tertiary/aromatic N) is 6. The number of carbonyl (C=O) groups is 1. The molecule has 0 bridgehead atoms. The van der Waals surface area contributed by atoms with E-state index in [4.69, 9.17) is 9.26 Å². The van der Waals surface area contributed by atoms with Gasteiger partial charge in [0.05, 0.1) is 25.5 Å². The number of anilines is 2. The summed E-state index contributed by atoms with van der Waals surface area (Å²) < 4.78 is 10.6. The van der Waals surface area contributed by atoms with Gasteiger partial charge in [-0.1, -0.05) is 5.16 Å². The van der Waals surface area contributed by atoms with Crippen LogP contribution in [0.1, 0.15) is 18.7 Å². The minimum atomic E-state index is -0.102. The predicted molar refractivity (Wildman–Crippen MR) is 128 cm³/mol. The van der Waals surface area contributed by atoms with Crippen molar-refractivity contribution in [3.63, 3.8) is 0 Å². The normalized spacial score (nSPS) is 16.6. The molecule has 0 aliphatic carbocycles. The molecule has 1 aromatic carbocycles. The first-order valence-corrected chi connectivity index (χ1v) is 11.6. The molecular formula is C24H29N7O3. The first kappa shape index (κ1) is 22.1. The summed E-state index contributed by atoms with van der Waals surface area (Å²) in [4.78, 5) is 28.0. The third kappa shape index (κ3) is 5.12. The fourth-order valence-electron chi connectivity index (χ4n) is 4.27. The Hall–Kier alpha value is -3.66. The van der Waals surface area contributed by atoms with Gasteiger partial charge in [-0.15, -0.1) is 0 Å². The molecule has 2 aliphatic rings. The van der Waals surface area contributed by atoms with Crippen LogP contribution >= 0.6 is 0 Å². The van der Waals surface area contributed by atoms with Crippen LogP contribution in [0.2, 0.25) is 0 Å². The summed E-state index contributed by atoms with van der Waals surface area (Å²) in [6.45, 7) is 5.39. The number of amides is 2. The van der Waals surface area contributed by atoms with Gasteiger partial charge in [-0.2, -0.15) is 4.98 Å². The minimum Gasteiger partial charge on any atom is -0.497 e. The molecule has 0 unspecified atom stereocenters. The van der Waals surface area contributed by atoms with Crippen molar-refractivity contribution in [2.75, 3.05) is 56.6 Å². The van der Waals surface area contributed by atoms with Crippen molar-refractivity contribution >= 4 is 17.5 Å². The fourth-order valence-corrected chi connectivity index (χ4v) is 4.27. The number of hydrogen-bond acceptors (Lipinski definition) is 8. The standard InChI is InChI=1S/C24H29N7O3/c1-33-20-7-4-18(5-8-20)23-27-22(34-28-23)17-29-12-14-31(15-13-29)24(32)26-19-6-9-21(25-16-19)30-10-2-3-11-30/h4-9,16H,2-3,10-15,17H2,1H3,(H,26,32). The summed E-state index contributed by atoms with van der Waals surface area (Å²) in [5.41, 5.74) is 1.59. The molecule has 2 fully saturated rings. The highest BCUT2D eigenvalue weighted by Crippen LogP contribution is 2.21. The zero-order valence-corrected chi connectivity index (χ0v) is 19.3. The van der Waals surface area contributed by atoms with Crippen molar-refractivity contribution in [1.29, 1.82) is 0 Å². The number of nitrogens with one attached hydrogen (secondary N) is 1. The number of aromatic nitrogens is 3. The Kier molecular flexibility index (Phi) is 6.57. The Morgan fingerprint density at radius 1 is 1.03 bits per heavy atom. The maximum atomic E-state index is 12.7. The van der Waals surface area contributed by atoms with Crippen molar-refractivity contribution in [2.24, 2.45) is 0 Å². The molecule has 1 N–H and O–H groups in total. The van der Waals surface area contributed by atoms with Crippen LogP contribution in [0, 0.1) is 0 Å². The summed E-state index contributed by atoms with van der Waals surface area (Å²) in [6.07, 6.45) is 4.16. The average Bonchev–Trinajstić information content (AvgIpc) is 3.58. The van der Waals surface area contributed by atoms with Gasteiger partial charge in [0.1, 0.15) is 11.6 Å². The van der Waals surface area contributed by atoms with E-state index in [9.17, 15) is 4.79 Å². The molecule has 2 saturated heterocycles. The molecule has 4 heterocycles. The number of hydrogen-bond donors (Lipinski definition) is 1. The lowest BCUT2D eigenvalue weighted by Crippen LogP contribution is -2.49. The highest BCUT2D eigenvalue weighted by molar-refractivity contribution is 5.89. The van der Waals surface area contributed by atoms with Gasteiger partial charge in [0.2, 0.25) is 11.7 Å². The second kappa shape index (κ2) is 10.1. The fraction of sp³-hybridized carbons (Fsp3) is 0.417. The summed E-state index contributed by atoms with van der Waals surface area (Å²) in [5, 5.41) is 7.05. The lowest BCUT2D eigenvalue weighted by Gasteiger charge is -2.33. The Labute approximate surface area is 198 Å². The molecule has 3 aromatic rings. The molecular weight excluding hydrogens is 434 g/mol. The maximum absolute atomic E-state index is 12.7. The maximum Gasteiger partial charge on any atom is 0.321 e. The van der Waals surface area contributed by atoms with Gasteiger partial charge in [-0.05, 0) is 49.2 Å². The number of carbonyl (C=O) groups excluding carboxylic acids is 1. The Bertz CT molecular complexity index is 1090. The monoisotopic (exact) mass is 463 g/mol. The Morgan fingerprint density at radius 2 is 1.79 bits per heavy atom. The van der Waals surface area contributed by atoms with Crippen LogP contribution in [0.25, 0.3) is 11.4 Å². The van der Waals surface area contributed by atoms with E-state index in [-0.39, 0.29) is 6.03 Å². The Morgan fingerprint density at radius 3 is 2.47 bits per heavy atom. The van der Waals surface area contributed by atoms with E-state index in [0.29, 0.717) is 37.0 Å². The topological polar surface area (TPSA) is 99.9 Å². The van der Waals surface area contributed by atoms with Crippen LogP contribution in [0.4, 0.5) is 16.3 Å². The van der Waals surface area contributed by atoms with Crippen molar-refractivity contribution in [2.45, 2.75) is 19.4 Å². The van der Waals surface area contributed by atoms with Gasteiger partial charge >= 0.3 is 6.03 Å². The molecule has 2 amide bonds. The van der Waals surface area contributed by atoms with Crippen molar-refractivity contribution in [3.8, 4) is 17.1 Å².